The lowest BCUT2D eigenvalue weighted by molar-refractivity contribution is 0.0141. The maximum Gasteiger partial charge on any atom is 0.411 e. The SMILES string of the molecule is COCCOCCOCCOC(=O)Nc1ccc(N)cc1. The van der Waals surface area contributed by atoms with Gasteiger partial charge in [0.05, 0.1) is 33.0 Å². The number of ether oxygens (including phenoxy) is 4. The molecule has 0 aliphatic carbocycles. The number of carbonyl (C=O) groups is 1. The molecule has 1 amide bonds. The lowest BCUT2D eigenvalue weighted by Gasteiger charge is -2.08. The van der Waals surface area contributed by atoms with Gasteiger partial charge in [-0.05, 0) is 24.3 Å². The molecule has 0 aliphatic rings. The van der Waals surface area contributed by atoms with Crippen molar-refractivity contribution in [3.8, 4) is 0 Å². The van der Waals surface area contributed by atoms with Gasteiger partial charge in [0.25, 0.3) is 0 Å². The van der Waals surface area contributed by atoms with E-state index in [0.29, 0.717) is 44.4 Å². The Morgan fingerprint density at radius 2 is 1.57 bits per heavy atom. The van der Waals surface area contributed by atoms with E-state index in [9.17, 15) is 4.79 Å². The molecule has 0 heterocycles. The first kappa shape index (κ1) is 17.2. The number of nitrogen functional groups attached to an aromatic ring is 1. The maximum atomic E-state index is 11.4. The van der Waals surface area contributed by atoms with Gasteiger partial charge in [-0.1, -0.05) is 0 Å². The number of anilines is 2. The fraction of sp³-hybridized carbons (Fsp3) is 0.500. The highest BCUT2D eigenvalue weighted by molar-refractivity contribution is 5.84. The van der Waals surface area contributed by atoms with Crippen molar-refractivity contribution >= 4 is 17.5 Å². The highest BCUT2D eigenvalue weighted by Gasteiger charge is 2.02. The molecule has 0 bridgehead atoms. The predicted molar refractivity (Wildman–Crippen MR) is 79.3 cm³/mol. The number of rotatable bonds is 10. The van der Waals surface area contributed by atoms with Gasteiger partial charge in [-0.2, -0.15) is 0 Å². The van der Waals surface area contributed by atoms with Crippen LogP contribution in [0, 0.1) is 0 Å². The number of carbonyl (C=O) groups excluding carboxylic acids is 1. The van der Waals surface area contributed by atoms with Crippen LogP contribution in [-0.4, -0.2) is 52.8 Å². The molecule has 1 aromatic carbocycles. The Labute approximate surface area is 124 Å². The van der Waals surface area contributed by atoms with Crippen molar-refractivity contribution in [3.05, 3.63) is 24.3 Å². The molecule has 0 saturated heterocycles. The van der Waals surface area contributed by atoms with Gasteiger partial charge < -0.3 is 24.7 Å². The number of hydrogen-bond acceptors (Lipinski definition) is 6. The maximum absolute atomic E-state index is 11.4. The quantitative estimate of drug-likeness (QED) is 0.502. The van der Waals surface area contributed by atoms with Crippen molar-refractivity contribution in [2.75, 3.05) is 57.8 Å². The van der Waals surface area contributed by atoms with Crippen molar-refractivity contribution in [1.29, 1.82) is 0 Å². The Morgan fingerprint density at radius 1 is 1.00 bits per heavy atom. The minimum atomic E-state index is -0.528. The summed E-state index contributed by atoms with van der Waals surface area (Å²) in [4.78, 5) is 11.4. The third-order valence-corrected chi connectivity index (χ3v) is 2.42. The zero-order valence-corrected chi connectivity index (χ0v) is 12.2. The number of methoxy groups -OCH3 is 1. The van der Waals surface area contributed by atoms with E-state index in [1.807, 2.05) is 0 Å². The summed E-state index contributed by atoms with van der Waals surface area (Å²) < 4.78 is 20.2. The van der Waals surface area contributed by atoms with E-state index < -0.39 is 6.09 Å². The van der Waals surface area contributed by atoms with Crippen LogP contribution in [0.15, 0.2) is 24.3 Å². The minimum Gasteiger partial charge on any atom is -0.447 e. The topological polar surface area (TPSA) is 92.0 Å². The molecule has 0 fully saturated rings. The molecular weight excluding hydrogens is 276 g/mol. The van der Waals surface area contributed by atoms with Crippen molar-refractivity contribution in [1.82, 2.24) is 0 Å². The van der Waals surface area contributed by atoms with Crippen LogP contribution in [0.5, 0.6) is 0 Å². The number of benzene rings is 1. The third kappa shape index (κ3) is 8.85. The summed E-state index contributed by atoms with van der Waals surface area (Å²) in [6.07, 6.45) is -0.528. The number of nitrogens with two attached hydrogens (primary N) is 1. The van der Waals surface area contributed by atoms with Gasteiger partial charge in [-0.15, -0.1) is 0 Å². The average Bonchev–Trinajstić information content (AvgIpc) is 2.48. The van der Waals surface area contributed by atoms with Crippen LogP contribution in [0.2, 0.25) is 0 Å². The zero-order valence-electron chi connectivity index (χ0n) is 12.2. The lowest BCUT2D eigenvalue weighted by Crippen LogP contribution is -2.17. The number of nitrogens with one attached hydrogen (secondary N) is 1. The second-order valence-electron chi connectivity index (χ2n) is 4.10. The molecule has 7 heteroatoms. The summed E-state index contributed by atoms with van der Waals surface area (Å²) >= 11 is 0. The molecule has 0 aromatic heterocycles. The van der Waals surface area contributed by atoms with Gasteiger partial charge in [0.2, 0.25) is 0 Å². The molecule has 0 radical (unpaired) electrons. The smallest absolute Gasteiger partial charge is 0.411 e. The molecule has 1 rings (SSSR count). The molecule has 21 heavy (non-hydrogen) atoms. The van der Waals surface area contributed by atoms with Crippen LogP contribution >= 0.6 is 0 Å². The highest BCUT2D eigenvalue weighted by atomic mass is 16.6. The lowest BCUT2D eigenvalue weighted by atomic mass is 10.3. The van der Waals surface area contributed by atoms with Crippen molar-refractivity contribution in [2.24, 2.45) is 0 Å². The first-order valence-electron chi connectivity index (χ1n) is 6.66. The van der Waals surface area contributed by atoms with Crippen LogP contribution in [0.1, 0.15) is 0 Å². The predicted octanol–water partition coefficient (Wildman–Crippen LogP) is 1.50. The van der Waals surface area contributed by atoms with E-state index in [4.69, 9.17) is 24.7 Å². The second-order valence-corrected chi connectivity index (χ2v) is 4.10. The van der Waals surface area contributed by atoms with E-state index in [0.717, 1.165) is 0 Å². The Morgan fingerprint density at radius 3 is 2.19 bits per heavy atom. The summed E-state index contributed by atoms with van der Waals surface area (Å²) in [7, 11) is 1.62. The summed E-state index contributed by atoms with van der Waals surface area (Å²) in [6, 6.07) is 6.79. The van der Waals surface area contributed by atoms with Crippen LogP contribution in [0.3, 0.4) is 0 Å². The Bertz CT molecular complexity index is 397. The van der Waals surface area contributed by atoms with Crippen molar-refractivity contribution in [2.45, 2.75) is 0 Å². The summed E-state index contributed by atoms with van der Waals surface area (Å²) in [5.74, 6) is 0. The summed E-state index contributed by atoms with van der Waals surface area (Å²) in [5.41, 5.74) is 6.81. The fourth-order valence-electron chi connectivity index (χ4n) is 1.38. The van der Waals surface area contributed by atoms with Crippen LogP contribution < -0.4 is 11.1 Å². The molecule has 1 aromatic rings. The van der Waals surface area contributed by atoms with E-state index >= 15 is 0 Å². The molecule has 0 unspecified atom stereocenters. The Kier molecular flexibility index (Phi) is 8.94. The standard InChI is InChI=1S/C14H22N2O5/c1-18-6-7-19-8-9-20-10-11-21-14(17)16-13-4-2-12(15)3-5-13/h2-5H,6-11,15H2,1H3,(H,16,17). The van der Waals surface area contributed by atoms with Crippen molar-refractivity contribution in [3.63, 3.8) is 0 Å². The highest BCUT2D eigenvalue weighted by Crippen LogP contribution is 2.10. The molecule has 0 saturated carbocycles. The van der Waals surface area contributed by atoms with Crippen molar-refractivity contribution < 1.29 is 23.7 Å². The first-order valence-corrected chi connectivity index (χ1v) is 6.66. The summed E-state index contributed by atoms with van der Waals surface area (Å²) in [5, 5.41) is 2.58. The van der Waals surface area contributed by atoms with Gasteiger partial charge in [-0.3, -0.25) is 5.32 Å². The number of hydrogen-bond donors (Lipinski definition) is 2. The molecular formula is C14H22N2O5. The molecule has 0 aliphatic heterocycles. The number of amides is 1. The summed E-state index contributed by atoms with van der Waals surface area (Å²) in [6.45, 7) is 2.55. The Hall–Kier alpha value is -1.83. The molecule has 0 atom stereocenters. The van der Waals surface area contributed by atoms with Crippen LogP contribution in [0.4, 0.5) is 16.2 Å². The van der Waals surface area contributed by atoms with Gasteiger partial charge >= 0.3 is 6.09 Å². The van der Waals surface area contributed by atoms with E-state index in [1.165, 1.54) is 0 Å². The minimum absolute atomic E-state index is 0.179. The third-order valence-electron chi connectivity index (χ3n) is 2.42. The van der Waals surface area contributed by atoms with E-state index in [2.05, 4.69) is 5.32 Å². The van der Waals surface area contributed by atoms with Gasteiger partial charge in [0, 0.05) is 18.5 Å². The zero-order chi connectivity index (χ0) is 15.3. The molecule has 7 nitrogen and oxygen atoms in total. The van der Waals surface area contributed by atoms with Gasteiger partial charge in [0.1, 0.15) is 6.61 Å². The fourth-order valence-corrected chi connectivity index (χ4v) is 1.38. The average molecular weight is 298 g/mol. The molecule has 3 N–H and O–H groups in total. The first-order chi connectivity index (χ1) is 10.2. The largest absolute Gasteiger partial charge is 0.447 e. The van der Waals surface area contributed by atoms with E-state index in [1.54, 1.807) is 31.4 Å². The van der Waals surface area contributed by atoms with Gasteiger partial charge in [0.15, 0.2) is 0 Å². The van der Waals surface area contributed by atoms with Crippen LogP contribution in [0.25, 0.3) is 0 Å². The Balaban J connectivity index is 1.97. The monoisotopic (exact) mass is 298 g/mol. The van der Waals surface area contributed by atoms with Crippen LogP contribution in [-0.2, 0) is 18.9 Å². The second kappa shape index (κ2) is 10.9. The van der Waals surface area contributed by atoms with Gasteiger partial charge in [-0.25, -0.2) is 4.79 Å². The normalized spacial score (nSPS) is 10.3. The molecule has 118 valence electrons. The molecule has 0 spiro atoms. The van der Waals surface area contributed by atoms with E-state index in [-0.39, 0.29) is 6.61 Å².